The predicted molar refractivity (Wildman–Crippen MR) is 68.7 cm³/mol. The molecule has 1 heterocycles. The predicted octanol–water partition coefficient (Wildman–Crippen LogP) is 3.55. The van der Waals surface area contributed by atoms with Gasteiger partial charge in [-0.3, -0.25) is 0 Å². The van der Waals surface area contributed by atoms with Crippen LogP contribution in [0.4, 0.5) is 5.13 Å². The van der Waals surface area contributed by atoms with Crippen molar-refractivity contribution >= 4 is 16.5 Å². The Bertz CT molecular complexity index is 308. The van der Waals surface area contributed by atoms with Crippen molar-refractivity contribution in [3.05, 3.63) is 5.51 Å². The van der Waals surface area contributed by atoms with E-state index in [0.717, 1.165) is 11.0 Å². The van der Waals surface area contributed by atoms with Gasteiger partial charge in [-0.25, -0.2) is 0 Å². The lowest BCUT2D eigenvalue weighted by Gasteiger charge is -2.37. The Hall–Kier alpha value is -0.640. The molecule has 1 saturated carbocycles. The standard InChI is InChI=1S/C12H21N3S/c1-12(2,3)9-4-6-10(7-5-9)14-11-15-13-8-16-11/h8-10H,4-7H2,1-3H3,(H,14,15). The first kappa shape index (κ1) is 11.8. The van der Waals surface area contributed by atoms with Crippen LogP contribution in [0.15, 0.2) is 5.51 Å². The lowest BCUT2D eigenvalue weighted by Crippen LogP contribution is -2.31. The Morgan fingerprint density at radius 1 is 1.25 bits per heavy atom. The molecule has 0 aromatic carbocycles. The van der Waals surface area contributed by atoms with Crippen molar-refractivity contribution in [1.82, 2.24) is 10.2 Å². The van der Waals surface area contributed by atoms with Crippen molar-refractivity contribution < 1.29 is 0 Å². The second kappa shape index (κ2) is 4.70. The Morgan fingerprint density at radius 2 is 1.94 bits per heavy atom. The first-order valence-electron chi connectivity index (χ1n) is 6.08. The minimum absolute atomic E-state index is 0.466. The Morgan fingerprint density at radius 3 is 2.44 bits per heavy atom. The van der Waals surface area contributed by atoms with E-state index in [1.165, 1.54) is 25.7 Å². The third kappa shape index (κ3) is 2.94. The number of rotatable bonds is 2. The van der Waals surface area contributed by atoms with E-state index in [0.29, 0.717) is 11.5 Å². The van der Waals surface area contributed by atoms with E-state index in [1.807, 2.05) is 0 Å². The van der Waals surface area contributed by atoms with E-state index in [1.54, 1.807) is 16.8 Å². The van der Waals surface area contributed by atoms with Gasteiger partial charge in [-0.2, -0.15) is 0 Å². The van der Waals surface area contributed by atoms with Gasteiger partial charge in [0, 0.05) is 6.04 Å². The molecule has 0 radical (unpaired) electrons. The molecular formula is C12H21N3S. The number of nitrogens with one attached hydrogen (secondary N) is 1. The van der Waals surface area contributed by atoms with Gasteiger partial charge >= 0.3 is 0 Å². The number of hydrogen-bond acceptors (Lipinski definition) is 4. The zero-order valence-corrected chi connectivity index (χ0v) is 11.2. The molecule has 0 unspecified atom stereocenters. The molecule has 0 bridgehead atoms. The SMILES string of the molecule is CC(C)(C)C1CCC(Nc2nncs2)CC1. The van der Waals surface area contributed by atoms with Crippen LogP contribution in [0.25, 0.3) is 0 Å². The number of aromatic nitrogens is 2. The monoisotopic (exact) mass is 239 g/mol. The lowest BCUT2D eigenvalue weighted by molar-refractivity contribution is 0.173. The van der Waals surface area contributed by atoms with Crippen LogP contribution >= 0.6 is 11.3 Å². The maximum Gasteiger partial charge on any atom is 0.205 e. The summed E-state index contributed by atoms with van der Waals surface area (Å²) < 4.78 is 0. The first-order valence-corrected chi connectivity index (χ1v) is 6.96. The molecule has 1 aliphatic carbocycles. The zero-order chi connectivity index (χ0) is 11.6. The molecule has 2 rings (SSSR count). The fraction of sp³-hybridized carbons (Fsp3) is 0.833. The summed E-state index contributed by atoms with van der Waals surface area (Å²) in [6.07, 6.45) is 5.20. The molecule has 0 spiro atoms. The van der Waals surface area contributed by atoms with Crippen molar-refractivity contribution in [3.8, 4) is 0 Å². The van der Waals surface area contributed by atoms with Crippen LogP contribution in [0.3, 0.4) is 0 Å². The number of hydrogen-bond donors (Lipinski definition) is 1. The molecule has 1 N–H and O–H groups in total. The summed E-state index contributed by atoms with van der Waals surface area (Å²) in [4.78, 5) is 0. The third-order valence-corrected chi connectivity index (χ3v) is 4.26. The summed E-state index contributed by atoms with van der Waals surface area (Å²) in [6, 6.07) is 0.603. The molecule has 0 atom stereocenters. The van der Waals surface area contributed by atoms with Gasteiger partial charge in [-0.15, -0.1) is 10.2 Å². The molecule has 1 fully saturated rings. The van der Waals surface area contributed by atoms with Crippen LogP contribution in [0, 0.1) is 11.3 Å². The topological polar surface area (TPSA) is 37.8 Å². The number of anilines is 1. The molecule has 1 aliphatic rings. The normalized spacial score (nSPS) is 26.7. The summed E-state index contributed by atoms with van der Waals surface area (Å²) in [5.74, 6) is 0.875. The molecule has 1 aromatic rings. The average Bonchev–Trinajstić information content (AvgIpc) is 2.70. The summed E-state index contributed by atoms with van der Waals surface area (Å²) in [7, 11) is 0. The molecule has 16 heavy (non-hydrogen) atoms. The molecule has 0 aliphatic heterocycles. The summed E-state index contributed by atoms with van der Waals surface area (Å²) in [6.45, 7) is 7.07. The van der Waals surface area contributed by atoms with Crippen LogP contribution in [0.1, 0.15) is 46.5 Å². The van der Waals surface area contributed by atoms with Gasteiger partial charge in [0.15, 0.2) is 0 Å². The summed E-state index contributed by atoms with van der Waals surface area (Å²) in [5.41, 5.74) is 2.25. The van der Waals surface area contributed by atoms with E-state index in [4.69, 9.17) is 0 Å². The minimum atomic E-state index is 0.466. The highest BCUT2D eigenvalue weighted by Crippen LogP contribution is 2.38. The molecule has 1 aromatic heterocycles. The molecule has 4 heteroatoms. The van der Waals surface area contributed by atoms with Crippen molar-refractivity contribution in [2.45, 2.75) is 52.5 Å². The fourth-order valence-corrected chi connectivity index (χ4v) is 3.04. The maximum atomic E-state index is 4.04. The largest absolute Gasteiger partial charge is 0.357 e. The molecular weight excluding hydrogens is 218 g/mol. The van der Waals surface area contributed by atoms with Crippen LogP contribution in [0.5, 0.6) is 0 Å². The lowest BCUT2D eigenvalue weighted by atomic mass is 9.71. The van der Waals surface area contributed by atoms with Gasteiger partial charge in [0.25, 0.3) is 0 Å². The molecule has 90 valence electrons. The van der Waals surface area contributed by atoms with E-state index >= 15 is 0 Å². The smallest absolute Gasteiger partial charge is 0.205 e. The van der Waals surface area contributed by atoms with Crippen molar-refractivity contribution in [3.63, 3.8) is 0 Å². The van der Waals surface area contributed by atoms with Crippen LogP contribution in [-0.2, 0) is 0 Å². The fourth-order valence-electron chi connectivity index (χ4n) is 2.51. The van der Waals surface area contributed by atoms with E-state index in [-0.39, 0.29) is 0 Å². The van der Waals surface area contributed by atoms with Gasteiger partial charge in [0.05, 0.1) is 0 Å². The Balaban J connectivity index is 1.82. The van der Waals surface area contributed by atoms with Gasteiger partial charge in [-0.1, -0.05) is 32.1 Å². The van der Waals surface area contributed by atoms with Gasteiger partial charge < -0.3 is 5.32 Å². The highest BCUT2D eigenvalue weighted by atomic mass is 32.1. The van der Waals surface area contributed by atoms with Crippen LogP contribution < -0.4 is 5.32 Å². The third-order valence-electron chi connectivity index (χ3n) is 3.64. The minimum Gasteiger partial charge on any atom is -0.357 e. The second-order valence-electron chi connectivity index (χ2n) is 5.80. The zero-order valence-electron chi connectivity index (χ0n) is 10.4. The molecule has 0 saturated heterocycles. The van der Waals surface area contributed by atoms with Crippen LogP contribution in [-0.4, -0.2) is 16.2 Å². The van der Waals surface area contributed by atoms with E-state index in [2.05, 4.69) is 36.3 Å². The van der Waals surface area contributed by atoms with Crippen molar-refractivity contribution in [1.29, 1.82) is 0 Å². The molecule has 3 nitrogen and oxygen atoms in total. The summed E-state index contributed by atoms with van der Waals surface area (Å²) in [5, 5.41) is 12.3. The van der Waals surface area contributed by atoms with Gasteiger partial charge in [0.1, 0.15) is 5.51 Å². The van der Waals surface area contributed by atoms with E-state index < -0.39 is 0 Å². The van der Waals surface area contributed by atoms with Crippen LogP contribution in [0.2, 0.25) is 0 Å². The quantitative estimate of drug-likeness (QED) is 0.857. The highest BCUT2D eigenvalue weighted by molar-refractivity contribution is 7.13. The second-order valence-corrected chi connectivity index (χ2v) is 6.64. The van der Waals surface area contributed by atoms with Crippen molar-refractivity contribution in [2.75, 3.05) is 5.32 Å². The Labute approximate surface area is 102 Å². The van der Waals surface area contributed by atoms with E-state index in [9.17, 15) is 0 Å². The average molecular weight is 239 g/mol. The van der Waals surface area contributed by atoms with Gasteiger partial charge in [-0.05, 0) is 37.0 Å². The summed E-state index contributed by atoms with van der Waals surface area (Å²) >= 11 is 1.59. The maximum absolute atomic E-state index is 4.04. The first-order chi connectivity index (χ1) is 7.55. The van der Waals surface area contributed by atoms with Gasteiger partial charge in [0.2, 0.25) is 5.13 Å². The van der Waals surface area contributed by atoms with Crippen molar-refractivity contribution in [2.24, 2.45) is 11.3 Å². The molecule has 0 amide bonds. The number of nitrogens with zero attached hydrogens (tertiary/aromatic N) is 2. The highest BCUT2D eigenvalue weighted by Gasteiger charge is 2.29. The Kier molecular flexibility index (Phi) is 3.47.